The van der Waals surface area contributed by atoms with Crippen LogP contribution in [0.1, 0.15) is 71.7 Å². The number of anilines is 1. The first kappa shape index (κ1) is 22.0. The number of carbonyl (C=O) groups excluding carboxylic acids is 1. The van der Waals surface area contributed by atoms with Crippen molar-refractivity contribution in [3.63, 3.8) is 0 Å². The molecule has 0 spiro atoms. The first-order valence-electron chi connectivity index (χ1n) is 11.9. The summed E-state index contributed by atoms with van der Waals surface area (Å²) in [6.45, 7) is 7.58. The molecule has 1 aliphatic carbocycles. The third kappa shape index (κ3) is 4.39. The van der Waals surface area contributed by atoms with E-state index in [2.05, 4.69) is 43.5 Å². The standard InChI is InChI=1S/C28H32N2O2S/c1-4-28(2,3)20-12-15-22-23(16-20)33-27-24(22)26(31)29-25(30-27)19-10-13-21(14-11-19)32-17-18-8-6-5-7-9-18/h5-11,13-14,20,25,30H,4,12,15-17H2,1-3H3,(H,29,31)/t20-,25-/m1/s1. The maximum atomic E-state index is 13.1. The van der Waals surface area contributed by atoms with Crippen LogP contribution < -0.4 is 15.4 Å². The van der Waals surface area contributed by atoms with Crippen molar-refractivity contribution in [3.8, 4) is 5.75 Å². The molecule has 1 amide bonds. The van der Waals surface area contributed by atoms with E-state index in [0.29, 0.717) is 17.9 Å². The summed E-state index contributed by atoms with van der Waals surface area (Å²) >= 11 is 1.78. The van der Waals surface area contributed by atoms with Gasteiger partial charge in [-0.3, -0.25) is 4.79 Å². The number of fused-ring (bicyclic) bond motifs is 3. The number of hydrogen-bond acceptors (Lipinski definition) is 4. The van der Waals surface area contributed by atoms with E-state index < -0.39 is 0 Å². The highest BCUT2D eigenvalue weighted by Crippen LogP contribution is 2.47. The zero-order valence-electron chi connectivity index (χ0n) is 19.6. The highest BCUT2D eigenvalue weighted by atomic mass is 32.1. The van der Waals surface area contributed by atoms with Crippen LogP contribution in [0.4, 0.5) is 5.00 Å². The van der Waals surface area contributed by atoms with Gasteiger partial charge in [-0.25, -0.2) is 0 Å². The molecule has 0 fully saturated rings. The molecule has 2 heterocycles. The predicted octanol–water partition coefficient (Wildman–Crippen LogP) is 6.72. The summed E-state index contributed by atoms with van der Waals surface area (Å²) in [5, 5.41) is 7.78. The van der Waals surface area contributed by atoms with E-state index in [1.54, 1.807) is 11.3 Å². The first-order chi connectivity index (χ1) is 15.9. The van der Waals surface area contributed by atoms with E-state index in [1.165, 1.54) is 16.9 Å². The van der Waals surface area contributed by atoms with Gasteiger partial charge in [-0.05, 0) is 59.4 Å². The summed E-state index contributed by atoms with van der Waals surface area (Å²) < 4.78 is 5.91. The van der Waals surface area contributed by atoms with Crippen molar-refractivity contribution in [2.75, 3.05) is 5.32 Å². The Kier molecular flexibility index (Phi) is 5.92. The number of hydrogen-bond donors (Lipinski definition) is 2. The van der Waals surface area contributed by atoms with Crippen molar-refractivity contribution in [1.29, 1.82) is 0 Å². The van der Waals surface area contributed by atoms with Gasteiger partial charge in [0.1, 0.15) is 23.5 Å². The molecule has 2 aromatic carbocycles. The van der Waals surface area contributed by atoms with Crippen LogP contribution in [0.2, 0.25) is 0 Å². The van der Waals surface area contributed by atoms with Gasteiger partial charge in [-0.2, -0.15) is 0 Å². The number of benzene rings is 2. The number of ether oxygens (including phenoxy) is 1. The monoisotopic (exact) mass is 460 g/mol. The summed E-state index contributed by atoms with van der Waals surface area (Å²) in [4.78, 5) is 14.5. The SMILES string of the molecule is CCC(C)(C)[C@@H]1CCc2c(sc3c2C(=O)N[C@@H](c2ccc(OCc4ccccc4)cc2)N3)C1. The van der Waals surface area contributed by atoms with Gasteiger partial charge in [-0.15, -0.1) is 11.3 Å². The number of rotatable bonds is 6. The van der Waals surface area contributed by atoms with E-state index in [-0.39, 0.29) is 12.1 Å². The molecule has 33 heavy (non-hydrogen) atoms. The van der Waals surface area contributed by atoms with E-state index in [9.17, 15) is 4.79 Å². The van der Waals surface area contributed by atoms with Crippen LogP contribution >= 0.6 is 11.3 Å². The zero-order chi connectivity index (χ0) is 23.0. The molecule has 4 nitrogen and oxygen atoms in total. The van der Waals surface area contributed by atoms with Crippen LogP contribution in [0.5, 0.6) is 5.75 Å². The third-order valence-corrected chi connectivity index (χ3v) is 8.71. The average molecular weight is 461 g/mol. The quantitative estimate of drug-likeness (QED) is 0.429. The largest absolute Gasteiger partial charge is 0.489 e. The Morgan fingerprint density at radius 3 is 2.55 bits per heavy atom. The molecular weight excluding hydrogens is 428 g/mol. The zero-order valence-corrected chi connectivity index (χ0v) is 20.4. The lowest BCUT2D eigenvalue weighted by Gasteiger charge is -2.36. The Hall–Kier alpha value is -2.79. The first-order valence-corrected chi connectivity index (χ1v) is 12.7. The fourth-order valence-electron chi connectivity index (χ4n) is 4.92. The minimum absolute atomic E-state index is 0.0452. The Balaban J connectivity index is 1.29. The molecule has 0 saturated heterocycles. The molecule has 0 radical (unpaired) electrons. The molecule has 5 rings (SSSR count). The van der Waals surface area contributed by atoms with Crippen LogP contribution in [0.3, 0.4) is 0 Å². The molecule has 0 bridgehead atoms. The van der Waals surface area contributed by atoms with Crippen LogP contribution in [0.25, 0.3) is 0 Å². The van der Waals surface area contributed by atoms with Crippen molar-refractivity contribution in [3.05, 3.63) is 81.7 Å². The van der Waals surface area contributed by atoms with Crippen molar-refractivity contribution in [2.45, 2.75) is 59.2 Å². The van der Waals surface area contributed by atoms with E-state index in [4.69, 9.17) is 4.74 Å². The number of nitrogens with one attached hydrogen (secondary N) is 2. The Morgan fingerprint density at radius 2 is 1.82 bits per heavy atom. The molecule has 1 aliphatic heterocycles. The molecule has 5 heteroatoms. The van der Waals surface area contributed by atoms with Crippen molar-refractivity contribution in [2.24, 2.45) is 11.3 Å². The minimum Gasteiger partial charge on any atom is -0.489 e. The summed E-state index contributed by atoms with van der Waals surface area (Å²) in [5.41, 5.74) is 4.65. The normalized spacial score (nSPS) is 19.8. The lowest BCUT2D eigenvalue weighted by molar-refractivity contribution is 0.0934. The third-order valence-electron chi connectivity index (χ3n) is 7.52. The fourth-order valence-corrected chi connectivity index (χ4v) is 6.27. The van der Waals surface area contributed by atoms with Gasteiger partial charge in [0.15, 0.2) is 0 Å². The molecule has 2 aliphatic rings. The molecule has 2 atom stereocenters. The number of thiophene rings is 1. The summed E-state index contributed by atoms with van der Waals surface area (Å²) in [6.07, 6.45) is 4.21. The molecule has 172 valence electrons. The lowest BCUT2D eigenvalue weighted by Crippen LogP contribution is -2.38. The van der Waals surface area contributed by atoms with E-state index in [0.717, 1.165) is 46.7 Å². The molecule has 1 aromatic heterocycles. The molecular formula is C28H32N2O2S. The van der Waals surface area contributed by atoms with Crippen molar-refractivity contribution >= 4 is 22.2 Å². The van der Waals surface area contributed by atoms with Crippen molar-refractivity contribution < 1.29 is 9.53 Å². The van der Waals surface area contributed by atoms with E-state index in [1.807, 2.05) is 42.5 Å². The second-order valence-corrected chi connectivity index (χ2v) is 11.0. The fraction of sp³-hybridized carbons (Fsp3) is 0.393. The Bertz CT molecular complexity index is 1130. The highest BCUT2D eigenvalue weighted by Gasteiger charge is 2.37. The highest BCUT2D eigenvalue weighted by molar-refractivity contribution is 7.16. The van der Waals surface area contributed by atoms with Gasteiger partial charge in [0, 0.05) is 4.88 Å². The van der Waals surface area contributed by atoms with Crippen LogP contribution in [-0.4, -0.2) is 5.91 Å². The van der Waals surface area contributed by atoms with E-state index >= 15 is 0 Å². The van der Waals surface area contributed by atoms with Crippen LogP contribution in [0, 0.1) is 11.3 Å². The number of amides is 1. The Labute approximate surface area is 200 Å². The van der Waals surface area contributed by atoms with Crippen LogP contribution in [0.15, 0.2) is 54.6 Å². The van der Waals surface area contributed by atoms with Gasteiger partial charge in [-0.1, -0.05) is 69.7 Å². The smallest absolute Gasteiger partial charge is 0.256 e. The molecule has 3 aromatic rings. The summed E-state index contributed by atoms with van der Waals surface area (Å²) in [6, 6.07) is 18.1. The molecule has 0 saturated carbocycles. The van der Waals surface area contributed by atoms with Crippen molar-refractivity contribution in [1.82, 2.24) is 5.32 Å². The van der Waals surface area contributed by atoms with Crippen LogP contribution in [-0.2, 0) is 19.4 Å². The summed E-state index contributed by atoms with van der Waals surface area (Å²) in [5.74, 6) is 1.54. The van der Waals surface area contributed by atoms with Gasteiger partial charge < -0.3 is 15.4 Å². The second-order valence-electron chi connectivity index (χ2n) is 9.88. The summed E-state index contributed by atoms with van der Waals surface area (Å²) in [7, 11) is 0. The van der Waals surface area contributed by atoms with Gasteiger partial charge in [0.05, 0.1) is 5.56 Å². The van der Waals surface area contributed by atoms with Gasteiger partial charge in [0.2, 0.25) is 0 Å². The topological polar surface area (TPSA) is 50.4 Å². The number of carbonyl (C=O) groups is 1. The lowest BCUT2D eigenvalue weighted by atomic mass is 9.69. The predicted molar refractivity (Wildman–Crippen MR) is 135 cm³/mol. The minimum atomic E-state index is -0.226. The maximum absolute atomic E-state index is 13.1. The average Bonchev–Trinajstić information content (AvgIpc) is 3.22. The Morgan fingerprint density at radius 1 is 1.06 bits per heavy atom. The molecule has 2 N–H and O–H groups in total. The van der Waals surface area contributed by atoms with Gasteiger partial charge in [0.25, 0.3) is 5.91 Å². The second kappa shape index (κ2) is 8.86. The maximum Gasteiger partial charge on any atom is 0.256 e. The van der Waals surface area contributed by atoms with Gasteiger partial charge >= 0.3 is 0 Å². The molecule has 0 unspecified atom stereocenters.